The summed E-state index contributed by atoms with van der Waals surface area (Å²) in [5.41, 5.74) is 0. The van der Waals surface area contributed by atoms with Gasteiger partial charge in [0.2, 0.25) is 0 Å². The van der Waals surface area contributed by atoms with Crippen molar-refractivity contribution in [2.45, 2.75) is 26.3 Å². The molecule has 1 unspecified atom stereocenters. The van der Waals surface area contributed by atoms with Gasteiger partial charge in [-0.25, -0.2) is 9.97 Å². The van der Waals surface area contributed by atoms with E-state index in [9.17, 15) is 0 Å². The molecule has 1 rings (SSSR count). The van der Waals surface area contributed by atoms with Gasteiger partial charge in [-0.3, -0.25) is 0 Å². The van der Waals surface area contributed by atoms with E-state index in [4.69, 9.17) is 4.74 Å². The van der Waals surface area contributed by atoms with Crippen molar-refractivity contribution in [2.24, 2.45) is 0 Å². The summed E-state index contributed by atoms with van der Waals surface area (Å²) in [5.74, 6) is 1.67. The molecule has 0 fully saturated rings. The second kappa shape index (κ2) is 7.00. The van der Waals surface area contributed by atoms with Crippen LogP contribution in [-0.2, 0) is 4.74 Å². The molecule has 0 radical (unpaired) electrons. The summed E-state index contributed by atoms with van der Waals surface area (Å²) in [5, 5.41) is 6.46. The van der Waals surface area contributed by atoms with Crippen molar-refractivity contribution >= 4 is 11.6 Å². The van der Waals surface area contributed by atoms with E-state index in [-0.39, 0.29) is 0 Å². The third-order valence-electron chi connectivity index (χ3n) is 2.29. The minimum atomic E-state index is 0.418. The van der Waals surface area contributed by atoms with Gasteiger partial charge in [-0.05, 0) is 13.3 Å². The highest BCUT2D eigenvalue weighted by Crippen LogP contribution is 2.10. The molecular formula is C11H20N4O. The Kier molecular flexibility index (Phi) is 5.56. The van der Waals surface area contributed by atoms with Crippen molar-refractivity contribution < 1.29 is 4.74 Å². The highest BCUT2D eigenvalue weighted by molar-refractivity contribution is 5.46. The average molecular weight is 224 g/mol. The van der Waals surface area contributed by atoms with Gasteiger partial charge in [0.15, 0.2) is 0 Å². The molecule has 2 N–H and O–H groups in total. The quantitative estimate of drug-likeness (QED) is 0.691. The minimum absolute atomic E-state index is 0.418. The number of nitrogens with one attached hydrogen (secondary N) is 2. The van der Waals surface area contributed by atoms with Crippen LogP contribution in [-0.4, -0.2) is 36.3 Å². The predicted molar refractivity (Wildman–Crippen MR) is 65.8 cm³/mol. The molecule has 0 saturated carbocycles. The molecule has 5 nitrogen and oxygen atoms in total. The van der Waals surface area contributed by atoms with Crippen LogP contribution in [0.15, 0.2) is 12.4 Å². The molecule has 1 heterocycles. The maximum Gasteiger partial charge on any atom is 0.131 e. The Labute approximate surface area is 96.6 Å². The molecule has 0 amide bonds. The molecule has 0 aliphatic carbocycles. The average Bonchev–Trinajstić information content (AvgIpc) is 2.30. The summed E-state index contributed by atoms with van der Waals surface area (Å²) in [4.78, 5) is 8.29. The van der Waals surface area contributed by atoms with Gasteiger partial charge in [0, 0.05) is 25.8 Å². The summed E-state index contributed by atoms with van der Waals surface area (Å²) in [7, 11) is 1.68. The van der Waals surface area contributed by atoms with Crippen molar-refractivity contribution in [2.75, 3.05) is 30.9 Å². The smallest absolute Gasteiger partial charge is 0.131 e. The lowest BCUT2D eigenvalue weighted by atomic mass is 10.2. The van der Waals surface area contributed by atoms with Gasteiger partial charge in [0.05, 0.1) is 6.61 Å². The molecular weight excluding hydrogens is 204 g/mol. The van der Waals surface area contributed by atoms with Crippen LogP contribution >= 0.6 is 0 Å². The van der Waals surface area contributed by atoms with E-state index >= 15 is 0 Å². The number of methoxy groups -OCH3 is 1. The van der Waals surface area contributed by atoms with Gasteiger partial charge in [-0.15, -0.1) is 0 Å². The van der Waals surface area contributed by atoms with Crippen molar-refractivity contribution in [3.05, 3.63) is 12.4 Å². The van der Waals surface area contributed by atoms with E-state index in [0.29, 0.717) is 12.6 Å². The zero-order chi connectivity index (χ0) is 11.8. The fourth-order valence-electron chi connectivity index (χ4n) is 1.17. The number of nitrogens with zero attached hydrogens (tertiary/aromatic N) is 2. The summed E-state index contributed by atoms with van der Waals surface area (Å²) in [6, 6.07) is 2.32. The van der Waals surface area contributed by atoms with Crippen LogP contribution < -0.4 is 10.6 Å². The van der Waals surface area contributed by atoms with Crippen LogP contribution in [0.5, 0.6) is 0 Å². The predicted octanol–water partition coefficient (Wildman–Crippen LogP) is 1.75. The Hall–Kier alpha value is -1.36. The molecule has 0 saturated heterocycles. The molecule has 0 aliphatic rings. The van der Waals surface area contributed by atoms with Crippen LogP contribution in [0.2, 0.25) is 0 Å². The molecule has 0 bridgehead atoms. The maximum absolute atomic E-state index is 4.95. The molecule has 16 heavy (non-hydrogen) atoms. The van der Waals surface area contributed by atoms with Crippen molar-refractivity contribution in [3.8, 4) is 0 Å². The van der Waals surface area contributed by atoms with Crippen LogP contribution in [0, 0.1) is 0 Å². The van der Waals surface area contributed by atoms with E-state index < -0.39 is 0 Å². The zero-order valence-electron chi connectivity index (χ0n) is 10.2. The molecule has 0 aromatic carbocycles. The number of ether oxygens (including phenoxy) is 1. The maximum atomic E-state index is 4.95. The number of aromatic nitrogens is 2. The highest BCUT2D eigenvalue weighted by atomic mass is 16.5. The number of anilines is 2. The van der Waals surface area contributed by atoms with Gasteiger partial charge in [0.1, 0.15) is 18.0 Å². The molecule has 1 atom stereocenters. The standard InChI is InChI=1S/C11H20N4O/c1-4-9(2)15-11-7-10(13-8-14-11)12-5-6-16-3/h7-9H,4-6H2,1-3H3,(H2,12,13,14,15). The van der Waals surface area contributed by atoms with Crippen LogP contribution in [0.3, 0.4) is 0 Å². The van der Waals surface area contributed by atoms with Crippen LogP contribution in [0.4, 0.5) is 11.6 Å². The van der Waals surface area contributed by atoms with Crippen molar-refractivity contribution in [1.29, 1.82) is 0 Å². The van der Waals surface area contributed by atoms with E-state index in [2.05, 4.69) is 34.4 Å². The fraction of sp³-hybridized carbons (Fsp3) is 0.636. The van der Waals surface area contributed by atoms with Gasteiger partial charge >= 0.3 is 0 Å². The van der Waals surface area contributed by atoms with Crippen LogP contribution in [0.1, 0.15) is 20.3 Å². The summed E-state index contributed by atoms with van der Waals surface area (Å²) < 4.78 is 4.95. The van der Waals surface area contributed by atoms with Gasteiger partial charge in [0.25, 0.3) is 0 Å². The lowest BCUT2D eigenvalue weighted by Crippen LogP contribution is -2.15. The third-order valence-corrected chi connectivity index (χ3v) is 2.29. The summed E-state index contributed by atoms with van der Waals surface area (Å²) in [6.07, 6.45) is 2.62. The largest absolute Gasteiger partial charge is 0.383 e. The summed E-state index contributed by atoms with van der Waals surface area (Å²) >= 11 is 0. The SMILES string of the molecule is CCC(C)Nc1cc(NCCOC)ncn1. The third kappa shape index (κ3) is 4.44. The van der Waals surface area contributed by atoms with Gasteiger partial charge in [-0.1, -0.05) is 6.92 Å². The lowest BCUT2D eigenvalue weighted by molar-refractivity contribution is 0.210. The number of hydrogen-bond acceptors (Lipinski definition) is 5. The fourth-order valence-corrected chi connectivity index (χ4v) is 1.17. The molecule has 90 valence electrons. The number of hydrogen-bond donors (Lipinski definition) is 2. The topological polar surface area (TPSA) is 59.1 Å². The van der Waals surface area contributed by atoms with E-state index in [1.807, 2.05) is 6.07 Å². The Morgan fingerprint density at radius 1 is 1.38 bits per heavy atom. The normalized spacial score (nSPS) is 12.2. The van der Waals surface area contributed by atoms with E-state index in [1.165, 1.54) is 0 Å². The Morgan fingerprint density at radius 3 is 2.81 bits per heavy atom. The van der Waals surface area contributed by atoms with Crippen molar-refractivity contribution in [3.63, 3.8) is 0 Å². The van der Waals surface area contributed by atoms with E-state index in [0.717, 1.165) is 24.6 Å². The van der Waals surface area contributed by atoms with Gasteiger partial charge < -0.3 is 15.4 Å². The lowest BCUT2D eigenvalue weighted by Gasteiger charge is -2.12. The monoisotopic (exact) mass is 224 g/mol. The molecule has 1 aromatic heterocycles. The van der Waals surface area contributed by atoms with Gasteiger partial charge in [-0.2, -0.15) is 0 Å². The van der Waals surface area contributed by atoms with E-state index in [1.54, 1.807) is 13.4 Å². The Balaban J connectivity index is 2.50. The summed E-state index contributed by atoms with van der Waals surface area (Å²) in [6.45, 7) is 5.67. The second-order valence-corrected chi connectivity index (χ2v) is 3.66. The molecule has 1 aromatic rings. The first-order valence-electron chi connectivity index (χ1n) is 5.57. The first kappa shape index (κ1) is 12.7. The highest BCUT2D eigenvalue weighted by Gasteiger charge is 2.01. The second-order valence-electron chi connectivity index (χ2n) is 3.66. The minimum Gasteiger partial charge on any atom is -0.383 e. The first-order valence-corrected chi connectivity index (χ1v) is 5.57. The zero-order valence-corrected chi connectivity index (χ0v) is 10.2. The first-order chi connectivity index (χ1) is 7.76. The van der Waals surface area contributed by atoms with Crippen LogP contribution in [0.25, 0.3) is 0 Å². The Morgan fingerprint density at radius 2 is 2.12 bits per heavy atom. The molecule has 0 aliphatic heterocycles. The van der Waals surface area contributed by atoms with Crippen molar-refractivity contribution in [1.82, 2.24) is 9.97 Å². The molecule has 0 spiro atoms. The molecule has 5 heteroatoms. The number of rotatable bonds is 7. The Bertz CT molecular complexity index is 306.